The third-order valence-electron chi connectivity index (χ3n) is 3.88. The predicted molar refractivity (Wildman–Crippen MR) is 81.7 cm³/mol. The number of carbonyl (C=O) groups excluding carboxylic acids is 1. The number of carbonyl (C=O) groups is 1. The Hall–Kier alpha value is -1.03. The van der Waals surface area contributed by atoms with E-state index < -0.39 is 0 Å². The number of amides is 1. The van der Waals surface area contributed by atoms with Gasteiger partial charge >= 0.3 is 0 Å². The number of hydrogen-bond acceptors (Lipinski definition) is 2. The van der Waals surface area contributed by atoms with Crippen LogP contribution < -0.4 is 4.74 Å². The average molecular weight is 338 g/mol. The van der Waals surface area contributed by atoms with Crippen LogP contribution in [-0.2, 0) is 4.79 Å². The van der Waals surface area contributed by atoms with Crippen LogP contribution in [0.1, 0.15) is 25.7 Å². The number of hydrogen-bond donors (Lipinski definition) is 0. The predicted octanol–water partition coefficient (Wildman–Crippen LogP) is 3.48. The number of nitrogens with zero attached hydrogens (tertiary/aromatic N) is 1. The van der Waals surface area contributed by atoms with E-state index in [0.717, 1.165) is 35.1 Å². The van der Waals surface area contributed by atoms with Crippen molar-refractivity contribution in [3.05, 3.63) is 28.7 Å². The van der Waals surface area contributed by atoms with Gasteiger partial charge in [0.2, 0.25) is 0 Å². The van der Waals surface area contributed by atoms with Crippen molar-refractivity contribution >= 4 is 21.8 Å². The smallest absolute Gasteiger partial charge is 0.260 e. The van der Waals surface area contributed by atoms with Gasteiger partial charge in [0.25, 0.3) is 5.91 Å². The van der Waals surface area contributed by atoms with E-state index in [2.05, 4.69) is 15.9 Å². The average Bonchev–Trinajstić information content (AvgIpc) is 3.32. The van der Waals surface area contributed by atoms with E-state index in [1.54, 1.807) is 0 Å². The molecule has 4 heteroatoms. The Morgan fingerprint density at radius 2 is 1.65 bits per heavy atom. The molecule has 0 radical (unpaired) electrons. The van der Waals surface area contributed by atoms with Crippen LogP contribution in [0.3, 0.4) is 0 Å². The summed E-state index contributed by atoms with van der Waals surface area (Å²) < 4.78 is 6.61. The molecule has 1 aromatic rings. The molecule has 0 atom stereocenters. The Morgan fingerprint density at radius 1 is 1.10 bits per heavy atom. The highest BCUT2D eigenvalue weighted by molar-refractivity contribution is 9.10. The minimum absolute atomic E-state index is 0.131. The molecule has 2 aliphatic rings. The summed E-state index contributed by atoms with van der Waals surface area (Å²) >= 11 is 3.39. The van der Waals surface area contributed by atoms with Crippen LogP contribution in [0.25, 0.3) is 0 Å². The highest BCUT2D eigenvalue weighted by Crippen LogP contribution is 2.33. The highest BCUT2D eigenvalue weighted by Gasteiger charge is 2.31. The Kier molecular flexibility index (Phi) is 4.29. The van der Waals surface area contributed by atoms with E-state index in [0.29, 0.717) is 0 Å². The van der Waals surface area contributed by atoms with Gasteiger partial charge in [0, 0.05) is 17.6 Å². The molecule has 0 spiro atoms. The lowest BCUT2D eigenvalue weighted by Gasteiger charge is -2.22. The van der Waals surface area contributed by atoms with Crippen molar-refractivity contribution in [2.45, 2.75) is 25.7 Å². The van der Waals surface area contributed by atoms with E-state index in [1.807, 2.05) is 29.2 Å². The zero-order chi connectivity index (χ0) is 13.9. The van der Waals surface area contributed by atoms with Crippen molar-refractivity contribution in [2.75, 3.05) is 19.7 Å². The van der Waals surface area contributed by atoms with Crippen LogP contribution in [0.2, 0.25) is 0 Å². The second kappa shape index (κ2) is 6.17. The fourth-order valence-corrected chi connectivity index (χ4v) is 2.53. The topological polar surface area (TPSA) is 29.5 Å². The van der Waals surface area contributed by atoms with Crippen LogP contribution in [0, 0.1) is 11.8 Å². The van der Waals surface area contributed by atoms with Gasteiger partial charge in [-0.15, -0.1) is 0 Å². The van der Waals surface area contributed by atoms with Gasteiger partial charge in [-0.2, -0.15) is 0 Å². The molecule has 0 aliphatic heterocycles. The second-order valence-corrected chi connectivity index (χ2v) is 6.84. The monoisotopic (exact) mass is 337 g/mol. The van der Waals surface area contributed by atoms with Crippen LogP contribution in [0.5, 0.6) is 5.75 Å². The van der Waals surface area contributed by atoms with Crippen molar-refractivity contribution in [3.63, 3.8) is 0 Å². The van der Waals surface area contributed by atoms with Gasteiger partial charge in [0.15, 0.2) is 6.61 Å². The number of benzene rings is 1. The number of rotatable bonds is 7. The summed E-state index contributed by atoms with van der Waals surface area (Å²) in [5, 5.41) is 0. The molecule has 1 amide bonds. The van der Waals surface area contributed by atoms with E-state index in [-0.39, 0.29) is 12.5 Å². The van der Waals surface area contributed by atoms with Gasteiger partial charge in [0.05, 0.1) is 0 Å². The standard InChI is InChI=1S/C16H20BrNO2/c17-14-5-7-15(8-6-14)20-11-16(19)18(9-12-1-2-12)10-13-3-4-13/h5-8,12-13H,1-4,9-11H2. The lowest BCUT2D eigenvalue weighted by atomic mass is 10.3. The van der Waals surface area contributed by atoms with E-state index in [9.17, 15) is 4.79 Å². The molecule has 2 saturated carbocycles. The molecule has 1 aromatic carbocycles. The molecule has 20 heavy (non-hydrogen) atoms. The first-order chi connectivity index (χ1) is 9.70. The van der Waals surface area contributed by atoms with Gasteiger partial charge < -0.3 is 9.64 Å². The molecule has 3 nitrogen and oxygen atoms in total. The summed E-state index contributed by atoms with van der Waals surface area (Å²) in [6.07, 6.45) is 5.12. The van der Waals surface area contributed by atoms with Crippen molar-refractivity contribution in [2.24, 2.45) is 11.8 Å². The van der Waals surface area contributed by atoms with Crippen molar-refractivity contribution in [3.8, 4) is 5.75 Å². The summed E-state index contributed by atoms with van der Waals surface area (Å²) in [4.78, 5) is 14.3. The van der Waals surface area contributed by atoms with Crippen LogP contribution >= 0.6 is 15.9 Å². The van der Waals surface area contributed by atoms with Gasteiger partial charge in [-0.3, -0.25) is 4.79 Å². The molecule has 0 unspecified atom stereocenters. The Morgan fingerprint density at radius 3 is 2.15 bits per heavy atom. The maximum Gasteiger partial charge on any atom is 0.260 e. The summed E-state index contributed by atoms with van der Waals surface area (Å²) in [6.45, 7) is 2.01. The summed E-state index contributed by atoms with van der Waals surface area (Å²) in [5.41, 5.74) is 0. The Bertz CT molecular complexity index is 452. The molecule has 0 N–H and O–H groups in total. The first-order valence-corrected chi connectivity index (χ1v) is 8.16. The molecule has 108 valence electrons. The molecule has 3 rings (SSSR count). The van der Waals surface area contributed by atoms with E-state index >= 15 is 0 Å². The third kappa shape index (κ3) is 4.23. The largest absolute Gasteiger partial charge is 0.484 e. The Labute approximate surface area is 128 Å². The number of ether oxygens (including phenoxy) is 1. The van der Waals surface area contributed by atoms with Crippen LogP contribution in [0.15, 0.2) is 28.7 Å². The maximum absolute atomic E-state index is 12.3. The molecule has 0 heterocycles. The van der Waals surface area contributed by atoms with Crippen molar-refractivity contribution < 1.29 is 9.53 Å². The second-order valence-electron chi connectivity index (χ2n) is 5.93. The minimum atomic E-state index is 0.131. The normalized spacial score (nSPS) is 17.9. The molecule has 0 bridgehead atoms. The summed E-state index contributed by atoms with van der Waals surface area (Å²) in [7, 11) is 0. The van der Waals surface area contributed by atoms with E-state index in [4.69, 9.17) is 4.74 Å². The summed E-state index contributed by atoms with van der Waals surface area (Å²) in [6, 6.07) is 7.60. The summed E-state index contributed by atoms with van der Waals surface area (Å²) in [5.74, 6) is 2.36. The first-order valence-electron chi connectivity index (χ1n) is 7.37. The molecule has 2 fully saturated rings. The molecule has 0 aromatic heterocycles. The molecular weight excluding hydrogens is 318 g/mol. The third-order valence-corrected chi connectivity index (χ3v) is 4.41. The van der Waals surface area contributed by atoms with Gasteiger partial charge in [-0.1, -0.05) is 15.9 Å². The zero-order valence-corrected chi connectivity index (χ0v) is 13.1. The Balaban J connectivity index is 1.50. The van der Waals surface area contributed by atoms with Crippen molar-refractivity contribution in [1.29, 1.82) is 0 Å². The highest BCUT2D eigenvalue weighted by atomic mass is 79.9. The van der Waals surface area contributed by atoms with E-state index in [1.165, 1.54) is 25.7 Å². The van der Waals surface area contributed by atoms with Gasteiger partial charge in [0.1, 0.15) is 5.75 Å². The molecular formula is C16H20BrNO2. The molecule has 0 saturated heterocycles. The number of halogens is 1. The van der Waals surface area contributed by atoms with Gasteiger partial charge in [-0.25, -0.2) is 0 Å². The SMILES string of the molecule is O=C(COc1ccc(Br)cc1)N(CC1CC1)CC1CC1. The molecule has 2 aliphatic carbocycles. The quantitative estimate of drug-likeness (QED) is 0.762. The lowest BCUT2D eigenvalue weighted by molar-refractivity contribution is -0.133. The van der Waals surface area contributed by atoms with Gasteiger partial charge in [-0.05, 0) is 61.8 Å². The minimum Gasteiger partial charge on any atom is -0.484 e. The zero-order valence-electron chi connectivity index (χ0n) is 11.6. The van der Waals surface area contributed by atoms with Crippen LogP contribution in [0.4, 0.5) is 0 Å². The van der Waals surface area contributed by atoms with Crippen LogP contribution in [-0.4, -0.2) is 30.5 Å². The fourth-order valence-electron chi connectivity index (χ4n) is 2.27. The fraction of sp³-hybridized carbons (Fsp3) is 0.562. The lowest BCUT2D eigenvalue weighted by Crippen LogP contribution is -2.38. The first kappa shape index (κ1) is 13.9. The maximum atomic E-state index is 12.3. The van der Waals surface area contributed by atoms with Crippen molar-refractivity contribution in [1.82, 2.24) is 4.90 Å².